The number of hydrogen-bond donors (Lipinski definition) is 0. The third-order valence-corrected chi connectivity index (χ3v) is 6.16. The van der Waals surface area contributed by atoms with Crippen LogP contribution in [0.3, 0.4) is 0 Å². The number of ether oxygens (including phenoxy) is 2. The van der Waals surface area contributed by atoms with Gasteiger partial charge in [0.25, 0.3) is 5.91 Å². The zero-order chi connectivity index (χ0) is 23.4. The van der Waals surface area contributed by atoms with Gasteiger partial charge in [-0.1, -0.05) is 32.0 Å². The maximum absolute atomic E-state index is 13.6. The van der Waals surface area contributed by atoms with Crippen molar-refractivity contribution in [2.75, 3.05) is 39.5 Å². The molecular weight excluding hydrogens is 423 g/mol. The van der Waals surface area contributed by atoms with Gasteiger partial charge >= 0.3 is 0 Å². The van der Waals surface area contributed by atoms with Gasteiger partial charge in [0.15, 0.2) is 6.61 Å². The van der Waals surface area contributed by atoms with Crippen molar-refractivity contribution in [2.45, 2.75) is 32.7 Å². The SMILES string of the molecule is CC(C)CC(=O)N1CCc2ccc(OCC(=O)N3CCOCC3)cc2C1c1ccc(F)cc1. The molecule has 0 spiro atoms. The lowest BCUT2D eigenvalue weighted by Gasteiger charge is -2.38. The van der Waals surface area contributed by atoms with Gasteiger partial charge in [-0.25, -0.2) is 4.39 Å². The van der Waals surface area contributed by atoms with Crippen molar-refractivity contribution in [1.29, 1.82) is 0 Å². The van der Waals surface area contributed by atoms with E-state index in [4.69, 9.17) is 9.47 Å². The molecule has 1 unspecified atom stereocenters. The number of benzene rings is 2. The number of halogens is 1. The van der Waals surface area contributed by atoms with Crippen LogP contribution in [0, 0.1) is 11.7 Å². The molecule has 0 radical (unpaired) electrons. The van der Waals surface area contributed by atoms with E-state index in [1.807, 2.05) is 36.9 Å². The third-order valence-electron chi connectivity index (χ3n) is 6.16. The quantitative estimate of drug-likeness (QED) is 0.670. The van der Waals surface area contributed by atoms with E-state index in [0.717, 1.165) is 23.1 Å². The Balaban J connectivity index is 1.59. The van der Waals surface area contributed by atoms with Gasteiger partial charge in [-0.2, -0.15) is 0 Å². The Morgan fingerprint density at radius 2 is 1.79 bits per heavy atom. The molecule has 1 atom stereocenters. The molecule has 0 saturated carbocycles. The van der Waals surface area contributed by atoms with Crippen LogP contribution in [-0.2, 0) is 20.7 Å². The second-order valence-corrected chi connectivity index (χ2v) is 9.03. The number of rotatable bonds is 6. The molecule has 6 nitrogen and oxygen atoms in total. The summed E-state index contributed by atoms with van der Waals surface area (Å²) in [5.41, 5.74) is 2.95. The molecule has 33 heavy (non-hydrogen) atoms. The van der Waals surface area contributed by atoms with Crippen molar-refractivity contribution in [3.05, 3.63) is 65.0 Å². The Labute approximate surface area is 194 Å². The molecule has 2 aliphatic heterocycles. The zero-order valence-electron chi connectivity index (χ0n) is 19.3. The number of fused-ring (bicyclic) bond motifs is 1. The van der Waals surface area contributed by atoms with Crippen molar-refractivity contribution in [3.8, 4) is 5.75 Å². The molecule has 176 valence electrons. The number of nitrogens with zero attached hydrogens (tertiary/aromatic N) is 2. The predicted octanol–water partition coefficient (Wildman–Crippen LogP) is 3.58. The number of carbonyl (C=O) groups excluding carboxylic acids is 2. The second kappa shape index (κ2) is 10.3. The van der Waals surface area contributed by atoms with Gasteiger partial charge < -0.3 is 19.3 Å². The van der Waals surface area contributed by atoms with E-state index in [2.05, 4.69) is 0 Å². The molecule has 7 heteroatoms. The Morgan fingerprint density at radius 3 is 2.48 bits per heavy atom. The monoisotopic (exact) mass is 454 g/mol. The molecule has 0 N–H and O–H groups in total. The van der Waals surface area contributed by atoms with Crippen LogP contribution in [0.15, 0.2) is 42.5 Å². The van der Waals surface area contributed by atoms with Crippen molar-refractivity contribution in [2.24, 2.45) is 5.92 Å². The summed E-state index contributed by atoms with van der Waals surface area (Å²) in [7, 11) is 0. The van der Waals surface area contributed by atoms with Crippen LogP contribution < -0.4 is 4.74 Å². The normalized spacial score (nSPS) is 18.2. The Bertz CT molecular complexity index is 986. The maximum atomic E-state index is 13.6. The molecule has 1 fully saturated rings. The van der Waals surface area contributed by atoms with Crippen LogP contribution in [0.5, 0.6) is 5.75 Å². The van der Waals surface area contributed by atoms with E-state index >= 15 is 0 Å². The first kappa shape index (κ1) is 23.2. The molecule has 4 rings (SSSR count). The van der Waals surface area contributed by atoms with E-state index in [9.17, 15) is 14.0 Å². The first-order valence-corrected chi connectivity index (χ1v) is 11.6. The van der Waals surface area contributed by atoms with Crippen molar-refractivity contribution < 1.29 is 23.5 Å². The molecule has 2 aromatic rings. The summed E-state index contributed by atoms with van der Waals surface area (Å²) in [4.78, 5) is 29.2. The highest BCUT2D eigenvalue weighted by Gasteiger charge is 2.32. The molecule has 2 heterocycles. The summed E-state index contributed by atoms with van der Waals surface area (Å²) < 4.78 is 24.8. The summed E-state index contributed by atoms with van der Waals surface area (Å²) in [6.45, 7) is 6.86. The highest BCUT2D eigenvalue weighted by Crippen LogP contribution is 2.38. The molecule has 2 amide bonds. The van der Waals surface area contributed by atoms with Crippen molar-refractivity contribution in [1.82, 2.24) is 9.80 Å². The molecule has 2 aromatic carbocycles. The van der Waals surface area contributed by atoms with Crippen molar-refractivity contribution in [3.63, 3.8) is 0 Å². The lowest BCUT2D eigenvalue weighted by Crippen LogP contribution is -2.43. The Hall–Kier alpha value is -2.93. The first-order chi connectivity index (χ1) is 15.9. The highest BCUT2D eigenvalue weighted by molar-refractivity contribution is 5.78. The Kier molecular flexibility index (Phi) is 7.28. The average Bonchev–Trinajstić information content (AvgIpc) is 2.82. The minimum absolute atomic E-state index is 0.0456. The molecule has 0 bridgehead atoms. The fourth-order valence-corrected chi connectivity index (χ4v) is 4.47. The van der Waals surface area contributed by atoms with E-state index in [-0.39, 0.29) is 36.2 Å². The Morgan fingerprint density at radius 1 is 1.06 bits per heavy atom. The van der Waals surface area contributed by atoms with Crippen LogP contribution in [0.1, 0.15) is 43.0 Å². The lowest BCUT2D eigenvalue weighted by atomic mass is 9.87. The van der Waals surface area contributed by atoms with Crippen LogP contribution in [-0.4, -0.2) is 61.1 Å². The largest absolute Gasteiger partial charge is 0.484 e. The lowest BCUT2D eigenvalue weighted by molar-refractivity contribution is -0.137. The molecule has 0 aliphatic carbocycles. The summed E-state index contributed by atoms with van der Waals surface area (Å²) >= 11 is 0. The minimum Gasteiger partial charge on any atom is -0.484 e. The van der Waals surface area contributed by atoms with Gasteiger partial charge in [0.05, 0.1) is 19.3 Å². The number of carbonyl (C=O) groups is 2. The fourth-order valence-electron chi connectivity index (χ4n) is 4.47. The van der Waals surface area contributed by atoms with Crippen LogP contribution in [0.4, 0.5) is 4.39 Å². The summed E-state index contributed by atoms with van der Waals surface area (Å²) in [5.74, 6) is 0.529. The first-order valence-electron chi connectivity index (χ1n) is 11.6. The molecule has 1 saturated heterocycles. The topological polar surface area (TPSA) is 59.1 Å². The summed E-state index contributed by atoms with van der Waals surface area (Å²) in [6, 6.07) is 11.8. The standard InChI is InChI=1S/C26H31FN2O4/c1-18(2)15-24(30)29-10-9-19-5-8-22(33-17-25(31)28-11-13-32-14-12-28)16-23(19)26(29)20-3-6-21(27)7-4-20/h3-8,16,18,26H,9-15,17H2,1-2H3. The van der Waals surface area contributed by atoms with Gasteiger partial charge in [0.1, 0.15) is 11.6 Å². The number of hydrogen-bond acceptors (Lipinski definition) is 4. The average molecular weight is 455 g/mol. The van der Waals surface area contributed by atoms with Gasteiger partial charge in [0, 0.05) is 26.1 Å². The van der Waals surface area contributed by atoms with Crippen molar-refractivity contribution >= 4 is 11.8 Å². The second-order valence-electron chi connectivity index (χ2n) is 9.03. The van der Waals surface area contributed by atoms with Gasteiger partial charge in [-0.3, -0.25) is 9.59 Å². The fraction of sp³-hybridized carbons (Fsp3) is 0.462. The van der Waals surface area contributed by atoms with Crippen LogP contribution in [0.2, 0.25) is 0 Å². The van der Waals surface area contributed by atoms with E-state index in [0.29, 0.717) is 45.0 Å². The molecule has 0 aromatic heterocycles. The third kappa shape index (κ3) is 5.53. The van der Waals surface area contributed by atoms with E-state index in [1.165, 1.54) is 12.1 Å². The smallest absolute Gasteiger partial charge is 0.260 e. The minimum atomic E-state index is -0.320. The van der Waals surface area contributed by atoms with Gasteiger partial charge in [-0.05, 0) is 53.3 Å². The summed E-state index contributed by atoms with van der Waals surface area (Å²) in [5, 5.41) is 0. The van der Waals surface area contributed by atoms with Crippen LogP contribution in [0.25, 0.3) is 0 Å². The highest BCUT2D eigenvalue weighted by atomic mass is 19.1. The summed E-state index contributed by atoms with van der Waals surface area (Å²) in [6.07, 6.45) is 1.20. The van der Waals surface area contributed by atoms with Gasteiger partial charge in [-0.15, -0.1) is 0 Å². The van der Waals surface area contributed by atoms with Gasteiger partial charge in [0.2, 0.25) is 5.91 Å². The van der Waals surface area contributed by atoms with E-state index < -0.39 is 0 Å². The molecule has 2 aliphatic rings. The molecular formula is C26H31FN2O4. The maximum Gasteiger partial charge on any atom is 0.260 e. The number of morpholine rings is 1. The van der Waals surface area contributed by atoms with E-state index in [1.54, 1.807) is 17.0 Å². The zero-order valence-corrected chi connectivity index (χ0v) is 19.3. The van der Waals surface area contributed by atoms with Crippen LogP contribution >= 0.6 is 0 Å². The number of amides is 2. The predicted molar refractivity (Wildman–Crippen MR) is 122 cm³/mol.